The fourth-order valence-electron chi connectivity index (χ4n) is 5.63. The topological polar surface area (TPSA) is 152 Å². The summed E-state index contributed by atoms with van der Waals surface area (Å²) >= 11 is -1.72. The molecule has 0 aliphatic carbocycles. The second-order valence-corrected chi connectivity index (χ2v) is 15.2. The van der Waals surface area contributed by atoms with Crippen LogP contribution in [0.25, 0.3) is 0 Å². The van der Waals surface area contributed by atoms with Crippen LogP contribution in [0.4, 0.5) is 17.1 Å². The molecule has 276 valence electrons. The zero-order valence-corrected chi connectivity index (χ0v) is 31.7. The van der Waals surface area contributed by atoms with E-state index in [-0.39, 0.29) is 0 Å². The van der Waals surface area contributed by atoms with Gasteiger partial charge >= 0.3 is 11.3 Å². The molecule has 15 heteroatoms. The minimum atomic E-state index is -3.27. The van der Waals surface area contributed by atoms with Crippen molar-refractivity contribution < 1.29 is 21.5 Å². The summed E-state index contributed by atoms with van der Waals surface area (Å²) in [5.74, 6) is 2.65. The first-order chi connectivity index (χ1) is 25.5. The molecule has 0 saturated heterocycles. The Morgan fingerprint density at radius 2 is 1.66 bits per heavy atom. The Hall–Kier alpha value is -5.38. The molecule has 1 aliphatic rings. The summed E-state index contributed by atoms with van der Waals surface area (Å²) < 4.78 is 54.3. The van der Waals surface area contributed by atoms with Crippen molar-refractivity contribution in [1.82, 2.24) is 19.6 Å². The maximum absolute atomic E-state index is 12.4. The van der Waals surface area contributed by atoms with E-state index in [0.717, 1.165) is 47.2 Å². The third-order valence-corrected chi connectivity index (χ3v) is 9.86. The highest BCUT2D eigenvalue weighted by molar-refractivity contribution is 7.88. The predicted molar refractivity (Wildman–Crippen MR) is 210 cm³/mol. The molecule has 1 atom stereocenters. The van der Waals surface area contributed by atoms with Crippen LogP contribution in [0.3, 0.4) is 0 Å². The molecule has 0 saturated carbocycles. The summed E-state index contributed by atoms with van der Waals surface area (Å²) in [6, 6.07) is 30.5. The Labute approximate surface area is 312 Å². The molecule has 4 aromatic carbocycles. The number of hydrogen-bond acceptors (Lipinski definition) is 10. The largest absolute Gasteiger partial charge is 0.436 e. The van der Waals surface area contributed by atoms with Crippen molar-refractivity contribution in [2.24, 2.45) is 10.1 Å². The number of aryl methyl sites for hydroxylation is 4. The zero-order valence-electron chi connectivity index (χ0n) is 30.0. The zero-order chi connectivity index (χ0) is 37.4. The van der Waals surface area contributed by atoms with Gasteiger partial charge in [-0.1, -0.05) is 48.0 Å². The predicted octanol–water partition coefficient (Wildman–Crippen LogP) is 5.89. The first kappa shape index (κ1) is 37.4. The van der Waals surface area contributed by atoms with Crippen LogP contribution in [0.5, 0.6) is 11.5 Å². The minimum absolute atomic E-state index is 0.308. The molecular formula is C38H42N8O5S2. The van der Waals surface area contributed by atoms with Crippen molar-refractivity contribution in [3.8, 4) is 11.5 Å². The molecule has 0 amide bonds. The maximum atomic E-state index is 12.4. The van der Waals surface area contributed by atoms with Crippen LogP contribution in [0.1, 0.15) is 41.7 Å². The average Bonchev–Trinajstić information content (AvgIpc) is 3.68. The van der Waals surface area contributed by atoms with Crippen molar-refractivity contribution in [2.75, 3.05) is 35.5 Å². The molecule has 0 radical (unpaired) electrons. The van der Waals surface area contributed by atoms with Gasteiger partial charge in [0, 0.05) is 37.4 Å². The number of ether oxygens (including phenoxy) is 1. The summed E-state index contributed by atoms with van der Waals surface area (Å²) in [5, 5.41) is 13.7. The quantitative estimate of drug-likeness (QED) is 0.127. The van der Waals surface area contributed by atoms with Crippen LogP contribution in [0.15, 0.2) is 107 Å². The van der Waals surface area contributed by atoms with Gasteiger partial charge in [-0.25, -0.2) is 18.1 Å². The van der Waals surface area contributed by atoms with Gasteiger partial charge in [-0.05, 0) is 99.3 Å². The van der Waals surface area contributed by atoms with Gasteiger partial charge in [0.1, 0.15) is 11.5 Å². The van der Waals surface area contributed by atoms with Gasteiger partial charge in [0.25, 0.3) is 5.90 Å². The number of likely N-dealkylation sites (N-methyl/N-ethyl adjacent to an activating group) is 1. The van der Waals surface area contributed by atoms with Gasteiger partial charge in [-0.15, -0.1) is 15.3 Å². The normalized spacial score (nSPS) is 13.7. The van der Waals surface area contributed by atoms with E-state index in [1.54, 1.807) is 16.8 Å². The SMILES string of the molecule is CCN(CCNS(C)(=O)=O)c1ccc(N=C2C(Oc3ccccc3)=Nn3c(CCCc4ccc(NS(=O)Oc5ccc(C)cc5)cc4)nnc32)c(C)c1. The highest BCUT2D eigenvalue weighted by Gasteiger charge is 2.30. The number of aromatic nitrogens is 3. The summed E-state index contributed by atoms with van der Waals surface area (Å²) in [6.07, 6.45) is 3.35. The average molecular weight is 755 g/mol. The summed E-state index contributed by atoms with van der Waals surface area (Å²) in [4.78, 5) is 7.08. The Morgan fingerprint density at radius 3 is 2.36 bits per heavy atom. The van der Waals surface area contributed by atoms with Crippen molar-refractivity contribution in [1.29, 1.82) is 0 Å². The smallest absolute Gasteiger partial charge is 0.316 e. The number of hydrogen-bond donors (Lipinski definition) is 2. The van der Waals surface area contributed by atoms with Gasteiger partial charge in [-0.3, -0.25) is 4.72 Å². The van der Waals surface area contributed by atoms with Gasteiger partial charge in [0.15, 0.2) is 11.5 Å². The highest BCUT2D eigenvalue weighted by atomic mass is 32.2. The van der Waals surface area contributed by atoms with Crippen LogP contribution in [-0.2, 0) is 34.1 Å². The lowest BCUT2D eigenvalue weighted by molar-refractivity contribution is 0.553. The van der Waals surface area contributed by atoms with Crippen molar-refractivity contribution in [2.45, 2.75) is 40.0 Å². The first-order valence-corrected chi connectivity index (χ1v) is 20.2. The van der Waals surface area contributed by atoms with Gasteiger partial charge < -0.3 is 13.8 Å². The second-order valence-electron chi connectivity index (χ2n) is 12.5. The van der Waals surface area contributed by atoms with Crippen molar-refractivity contribution in [3.05, 3.63) is 125 Å². The van der Waals surface area contributed by atoms with E-state index in [9.17, 15) is 12.6 Å². The molecule has 0 fully saturated rings. The molecule has 1 aliphatic heterocycles. The lowest BCUT2D eigenvalue weighted by Crippen LogP contribution is -2.34. The van der Waals surface area contributed by atoms with Crippen LogP contribution in [0.2, 0.25) is 0 Å². The number of nitrogens with one attached hydrogen (secondary N) is 2. The molecule has 2 N–H and O–H groups in total. The number of anilines is 2. The first-order valence-electron chi connectivity index (χ1n) is 17.2. The van der Waals surface area contributed by atoms with E-state index in [1.807, 2.05) is 106 Å². The molecule has 1 aromatic heterocycles. The number of sulfonamides is 1. The third kappa shape index (κ3) is 10.2. The second kappa shape index (κ2) is 17.0. The highest BCUT2D eigenvalue weighted by Crippen LogP contribution is 2.28. The standard InChI is InChI=1S/C38H42N8O5S2/c1-5-45(25-24-39-53(4,48)49)31-20-23-34(28(3)26-31)40-36-37-42-41-35(46(37)43-38(36)50-32-11-7-6-8-12-32)13-9-10-29-16-18-30(19-17-29)44-52(47)51-33-21-14-27(2)15-22-33/h6-8,11-12,14-23,26,39,44H,5,9-10,13,24-25H2,1-4H3. The Bertz CT molecular complexity index is 2220. The monoisotopic (exact) mass is 754 g/mol. The Kier molecular flexibility index (Phi) is 12.0. The summed E-state index contributed by atoms with van der Waals surface area (Å²) in [6.45, 7) is 7.53. The van der Waals surface area contributed by atoms with Gasteiger partial charge in [0.05, 0.1) is 11.9 Å². The molecule has 1 unspecified atom stereocenters. The molecule has 5 aromatic rings. The molecule has 6 rings (SSSR count). The van der Waals surface area contributed by atoms with Gasteiger partial charge in [0.2, 0.25) is 15.8 Å². The minimum Gasteiger partial charge on any atom is -0.436 e. The summed E-state index contributed by atoms with van der Waals surface area (Å²) in [7, 11) is -3.27. The number of fused-ring (bicyclic) bond motifs is 1. The van der Waals surface area contributed by atoms with Crippen molar-refractivity contribution >= 4 is 50.0 Å². The van der Waals surface area contributed by atoms with E-state index in [2.05, 4.69) is 24.5 Å². The Morgan fingerprint density at radius 1 is 0.906 bits per heavy atom. The number of para-hydroxylation sites is 1. The van der Waals surface area contributed by atoms with Crippen molar-refractivity contribution in [3.63, 3.8) is 0 Å². The molecule has 2 heterocycles. The van der Waals surface area contributed by atoms with Gasteiger partial charge in [-0.2, -0.15) is 8.89 Å². The molecular weight excluding hydrogens is 713 g/mol. The fourth-order valence-corrected chi connectivity index (χ4v) is 6.75. The molecule has 13 nitrogen and oxygen atoms in total. The lowest BCUT2D eigenvalue weighted by atomic mass is 10.1. The van der Waals surface area contributed by atoms with Crippen LogP contribution >= 0.6 is 0 Å². The fraction of sp³-hybridized carbons (Fsp3) is 0.263. The van der Waals surface area contributed by atoms with Crippen LogP contribution in [0, 0.1) is 13.8 Å². The molecule has 53 heavy (non-hydrogen) atoms. The van der Waals surface area contributed by atoms with E-state index in [1.165, 1.54) is 0 Å². The third-order valence-electron chi connectivity index (χ3n) is 8.39. The van der Waals surface area contributed by atoms with E-state index in [4.69, 9.17) is 19.0 Å². The lowest BCUT2D eigenvalue weighted by Gasteiger charge is -2.24. The Balaban J connectivity index is 1.13. The number of rotatable bonds is 16. The molecule has 0 spiro atoms. The number of aliphatic imine (C=N–C) groups is 1. The van der Waals surface area contributed by atoms with E-state index < -0.39 is 21.3 Å². The number of nitrogens with zero attached hydrogens (tertiary/aromatic N) is 6. The van der Waals surface area contributed by atoms with Crippen LogP contribution in [-0.4, -0.2) is 65.0 Å². The number of benzene rings is 4. The van der Waals surface area contributed by atoms with E-state index in [0.29, 0.717) is 66.5 Å². The molecule has 0 bridgehead atoms. The van der Waals surface area contributed by atoms with Crippen LogP contribution < -0.4 is 23.3 Å². The summed E-state index contributed by atoms with van der Waals surface area (Å²) in [5.41, 5.74) is 5.99. The maximum Gasteiger partial charge on any atom is 0.316 e. The van der Waals surface area contributed by atoms with E-state index >= 15 is 0 Å².